The van der Waals surface area contributed by atoms with Crippen molar-refractivity contribution in [2.24, 2.45) is 19.2 Å². The maximum Gasteiger partial charge on any atom is 0.332 e. The van der Waals surface area contributed by atoms with Crippen LogP contribution in [-0.2, 0) is 30.7 Å². The highest BCUT2D eigenvalue weighted by atomic mass is 35.5. The number of fused-ring (bicyclic) bond motifs is 1. The smallest absolute Gasteiger partial charge is 0.285 e. The van der Waals surface area contributed by atoms with Crippen molar-refractivity contribution in [1.82, 2.24) is 33.4 Å². The Morgan fingerprint density at radius 3 is 2.33 bits per heavy atom. The minimum absolute atomic E-state index is 0.0726. The molecule has 5 rings (SSSR count). The second-order valence-corrected chi connectivity index (χ2v) is 10.0. The molecule has 0 bridgehead atoms. The molecule has 0 radical (unpaired) electrons. The highest BCUT2D eigenvalue weighted by molar-refractivity contribution is 7.89. The lowest BCUT2D eigenvalue weighted by atomic mass is 10.3. The first-order chi connectivity index (χ1) is 17.1. The molecule has 0 aliphatic heterocycles. The number of sulfonamides is 1. The Bertz CT molecular complexity index is 1850. The van der Waals surface area contributed by atoms with Gasteiger partial charge in [0.15, 0.2) is 17.0 Å². The Morgan fingerprint density at radius 1 is 1.03 bits per heavy atom. The normalized spacial score (nSPS) is 11.9. The average Bonchev–Trinajstić information content (AvgIpc) is 3.44. The lowest BCUT2D eigenvalue weighted by Crippen LogP contribution is -2.39. The van der Waals surface area contributed by atoms with E-state index in [9.17, 15) is 18.0 Å². The van der Waals surface area contributed by atoms with E-state index in [4.69, 9.17) is 21.7 Å². The number of rotatable bonds is 5. The third-order valence-corrected chi connectivity index (χ3v) is 6.87. The zero-order valence-corrected chi connectivity index (χ0v) is 20.6. The van der Waals surface area contributed by atoms with Crippen molar-refractivity contribution < 1.29 is 8.42 Å². The van der Waals surface area contributed by atoms with Crippen LogP contribution in [0.2, 0.25) is 5.02 Å². The molecule has 0 atom stereocenters. The molecule has 4 aromatic heterocycles. The highest BCUT2D eigenvalue weighted by Gasteiger charge is 2.24. The summed E-state index contributed by atoms with van der Waals surface area (Å²) < 4.78 is 28.7. The zero-order chi connectivity index (χ0) is 25.8. The van der Waals surface area contributed by atoms with Gasteiger partial charge in [-0.15, -0.1) is 0 Å². The van der Waals surface area contributed by atoms with E-state index >= 15 is 0 Å². The van der Waals surface area contributed by atoms with E-state index in [0.29, 0.717) is 27.9 Å². The van der Waals surface area contributed by atoms with Gasteiger partial charge in [0.25, 0.3) is 5.56 Å². The van der Waals surface area contributed by atoms with Gasteiger partial charge in [-0.05, 0) is 42.5 Å². The number of hydrogen-bond acceptors (Lipinski definition) is 7. The van der Waals surface area contributed by atoms with E-state index in [1.807, 2.05) is 0 Å². The average molecular weight is 527 g/mol. The van der Waals surface area contributed by atoms with E-state index < -0.39 is 21.3 Å². The maximum absolute atomic E-state index is 13.4. The van der Waals surface area contributed by atoms with Crippen LogP contribution < -0.4 is 16.4 Å². The second kappa shape index (κ2) is 8.55. The molecule has 0 spiro atoms. The molecule has 1 aromatic carbocycles. The van der Waals surface area contributed by atoms with Gasteiger partial charge in [-0.3, -0.25) is 28.2 Å². The Hall–Kier alpha value is -4.07. The first-order valence-corrected chi connectivity index (χ1v) is 12.4. The standard InChI is InChI=1S/C22H19ClN8O4S/c1-28-21(32)18-20(30(22(28)33)12-14-5-8-16(11-25-14)36(24,34)35)27-19(17-9-10-26-29(17)2)31(18)15-6-3-13(23)4-7-15/h3-11H,12H2,1-2H3,(H2,24,34,35). The van der Waals surface area contributed by atoms with Crippen molar-refractivity contribution in [1.29, 1.82) is 0 Å². The van der Waals surface area contributed by atoms with E-state index in [-0.39, 0.29) is 22.6 Å². The van der Waals surface area contributed by atoms with Crippen molar-refractivity contribution in [3.63, 3.8) is 0 Å². The number of hydrogen-bond donors (Lipinski definition) is 1. The molecule has 184 valence electrons. The number of nitrogens with two attached hydrogens (primary N) is 1. The molecular weight excluding hydrogens is 508 g/mol. The first-order valence-electron chi connectivity index (χ1n) is 10.5. The predicted octanol–water partition coefficient (Wildman–Crippen LogP) is 1.03. The van der Waals surface area contributed by atoms with E-state index in [0.717, 1.165) is 10.8 Å². The lowest BCUT2D eigenvalue weighted by molar-refractivity contribution is 0.597. The molecule has 14 heteroatoms. The molecule has 0 saturated heterocycles. The van der Waals surface area contributed by atoms with E-state index in [2.05, 4.69) is 10.1 Å². The monoisotopic (exact) mass is 526 g/mol. The second-order valence-electron chi connectivity index (χ2n) is 8.02. The Morgan fingerprint density at radius 2 is 1.75 bits per heavy atom. The largest absolute Gasteiger partial charge is 0.332 e. The molecule has 0 aliphatic rings. The van der Waals surface area contributed by atoms with Gasteiger partial charge in [-0.2, -0.15) is 5.10 Å². The fourth-order valence-corrected chi connectivity index (χ4v) is 4.47. The molecule has 0 amide bonds. The zero-order valence-electron chi connectivity index (χ0n) is 19.0. The SMILES string of the molecule is Cn1nccc1-c1nc2c(c(=O)n(C)c(=O)n2Cc2ccc(S(N)(=O)=O)cn2)n1-c1ccc(Cl)cc1. The molecule has 5 aromatic rings. The van der Waals surface area contributed by atoms with Crippen LogP contribution >= 0.6 is 11.6 Å². The number of benzene rings is 1. The Labute approximate surface area is 208 Å². The molecule has 4 heterocycles. The minimum Gasteiger partial charge on any atom is -0.285 e. The van der Waals surface area contributed by atoms with Gasteiger partial charge in [0, 0.05) is 37.2 Å². The lowest BCUT2D eigenvalue weighted by Gasteiger charge is -2.11. The number of nitrogens with zero attached hydrogens (tertiary/aromatic N) is 7. The molecular formula is C22H19ClN8O4S. The Kier molecular flexibility index (Phi) is 5.62. The summed E-state index contributed by atoms with van der Waals surface area (Å²) in [7, 11) is -0.807. The fourth-order valence-electron chi connectivity index (χ4n) is 3.89. The number of primary sulfonamides is 1. The summed E-state index contributed by atoms with van der Waals surface area (Å²) in [5.74, 6) is 0.390. The van der Waals surface area contributed by atoms with Crippen LogP contribution in [-0.4, -0.2) is 41.9 Å². The fraction of sp³-hybridized carbons (Fsp3) is 0.136. The summed E-state index contributed by atoms with van der Waals surface area (Å²) in [6, 6.07) is 11.3. The van der Waals surface area contributed by atoms with Crippen LogP contribution in [0.4, 0.5) is 0 Å². The topological polar surface area (TPSA) is 153 Å². The number of imidazole rings is 1. The summed E-state index contributed by atoms with van der Waals surface area (Å²) in [5, 5.41) is 9.87. The van der Waals surface area contributed by atoms with Crippen LogP contribution in [0, 0.1) is 0 Å². The number of aryl methyl sites for hydroxylation is 1. The van der Waals surface area contributed by atoms with Crippen molar-refractivity contribution >= 4 is 32.8 Å². The molecule has 12 nitrogen and oxygen atoms in total. The molecule has 0 saturated carbocycles. The van der Waals surface area contributed by atoms with Gasteiger partial charge in [0.05, 0.1) is 12.2 Å². The summed E-state index contributed by atoms with van der Waals surface area (Å²) in [6.07, 6.45) is 2.71. The quantitative estimate of drug-likeness (QED) is 0.359. The van der Waals surface area contributed by atoms with Crippen LogP contribution in [0.25, 0.3) is 28.4 Å². The summed E-state index contributed by atoms with van der Waals surface area (Å²) in [5.41, 5.74) is 0.728. The van der Waals surface area contributed by atoms with E-state index in [1.165, 1.54) is 23.7 Å². The van der Waals surface area contributed by atoms with Gasteiger partial charge in [-0.1, -0.05) is 11.6 Å². The summed E-state index contributed by atoms with van der Waals surface area (Å²) in [4.78, 5) is 35.2. The minimum atomic E-state index is -3.92. The van der Waals surface area contributed by atoms with Crippen LogP contribution in [0.5, 0.6) is 0 Å². The third-order valence-electron chi connectivity index (χ3n) is 5.72. The number of pyridine rings is 1. The molecule has 0 fully saturated rings. The number of halogens is 1. The van der Waals surface area contributed by atoms with Gasteiger partial charge >= 0.3 is 5.69 Å². The first kappa shape index (κ1) is 23.7. The molecule has 0 unspecified atom stereocenters. The number of aromatic nitrogens is 7. The maximum atomic E-state index is 13.4. The van der Waals surface area contributed by atoms with Gasteiger partial charge in [-0.25, -0.2) is 23.3 Å². The van der Waals surface area contributed by atoms with Crippen molar-refractivity contribution in [3.8, 4) is 17.2 Å². The van der Waals surface area contributed by atoms with Crippen LogP contribution in [0.3, 0.4) is 0 Å². The molecule has 0 aliphatic carbocycles. The summed E-state index contributed by atoms with van der Waals surface area (Å²) >= 11 is 6.09. The van der Waals surface area contributed by atoms with Crippen LogP contribution in [0.15, 0.2) is 69.3 Å². The van der Waals surface area contributed by atoms with Gasteiger partial charge in [0.2, 0.25) is 10.0 Å². The molecule has 36 heavy (non-hydrogen) atoms. The van der Waals surface area contributed by atoms with E-state index in [1.54, 1.807) is 52.8 Å². The van der Waals surface area contributed by atoms with Crippen molar-refractivity contribution in [2.75, 3.05) is 0 Å². The third kappa shape index (κ3) is 3.92. The van der Waals surface area contributed by atoms with Gasteiger partial charge < -0.3 is 0 Å². The van der Waals surface area contributed by atoms with Gasteiger partial charge in [0.1, 0.15) is 10.6 Å². The van der Waals surface area contributed by atoms with Crippen molar-refractivity contribution in [2.45, 2.75) is 11.4 Å². The summed E-state index contributed by atoms with van der Waals surface area (Å²) in [6.45, 7) is -0.0726. The predicted molar refractivity (Wildman–Crippen MR) is 132 cm³/mol. The highest BCUT2D eigenvalue weighted by Crippen LogP contribution is 2.27. The molecule has 2 N–H and O–H groups in total. The van der Waals surface area contributed by atoms with Crippen LogP contribution in [0.1, 0.15) is 5.69 Å². The Balaban J connectivity index is 1.81. The van der Waals surface area contributed by atoms with Crippen molar-refractivity contribution in [3.05, 3.63) is 86.4 Å².